The predicted octanol–water partition coefficient (Wildman–Crippen LogP) is 1.17. The van der Waals surface area contributed by atoms with Crippen LogP contribution in [0.3, 0.4) is 0 Å². The molecule has 1 N–H and O–H groups in total. The SMILES string of the molecule is CC(C)(O)CN1CCN(CC2CCC2)CC1. The van der Waals surface area contributed by atoms with Crippen molar-refractivity contribution in [2.24, 2.45) is 5.92 Å². The molecule has 0 unspecified atom stereocenters. The molecule has 2 rings (SSSR count). The maximum Gasteiger partial charge on any atom is 0.0718 e. The molecule has 2 aliphatic rings. The third kappa shape index (κ3) is 3.72. The van der Waals surface area contributed by atoms with Gasteiger partial charge in [-0.3, -0.25) is 4.90 Å². The van der Waals surface area contributed by atoms with Gasteiger partial charge in [0.25, 0.3) is 0 Å². The van der Waals surface area contributed by atoms with E-state index in [1.54, 1.807) is 0 Å². The fraction of sp³-hybridized carbons (Fsp3) is 1.00. The highest BCUT2D eigenvalue weighted by atomic mass is 16.3. The normalized spacial score (nSPS) is 25.7. The Morgan fingerprint density at radius 2 is 1.62 bits per heavy atom. The zero-order valence-electron chi connectivity index (χ0n) is 10.8. The van der Waals surface area contributed by atoms with E-state index in [9.17, 15) is 5.11 Å². The van der Waals surface area contributed by atoms with Gasteiger partial charge in [0, 0.05) is 39.3 Å². The first-order chi connectivity index (χ1) is 7.53. The van der Waals surface area contributed by atoms with Gasteiger partial charge in [-0.15, -0.1) is 0 Å². The topological polar surface area (TPSA) is 26.7 Å². The van der Waals surface area contributed by atoms with E-state index in [2.05, 4.69) is 9.80 Å². The van der Waals surface area contributed by atoms with Gasteiger partial charge < -0.3 is 10.0 Å². The van der Waals surface area contributed by atoms with Gasteiger partial charge in [0.15, 0.2) is 0 Å². The summed E-state index contributed by atoms with van der Waals surface area (Å²) in [6.45, 7) is 10.5. The molecule has 0 aromatic rings. The molecule has 1 saturated heterocycles. The maximum atomic E-state index is 9.77. The van der Waals surface area contributed by atoms with E-state index < -0.39 is 5.60 Å². The van der Waals surface area contributed by atoms with Gasteiger partial charge >= 0.3 is 0 Å². The van der Waals surface area contributed by atoms with Crippen molar-refractivity contribution in [3.63, 3.8) is 0 Å². The van der Waals surface area contributed by atoms with Crippen LogP contribution in [0.25, 0.3) is 0 Å². The number of β-amino-alcohol motifs (C(OH)–C–C–N with tert-alkyl or cyclic N) is 1. The number of nitrogens with zero attached hydrogens (tertiary/aromatic N) is 2. The van der Waals surface area contributed by atoms with Crippen LogP contribution in [0.4, 0.5) is 0 Å². The number of piperazine rings is 1. The van der Waals surface area contributed by atoms with Gasteiger partial charge in [-0.1, -0.05) is 6.42 Å². The van der Waals surface area contributed by atoms with Crippen molar-refractivity contribution in [2.45, 2.75) is 38.7 Å². The Kier molecular flexibility index (Phi) is 3.88. The highest BCUT2D eigenvalue weighted by Crippen LogP contribution is 2.27. The molecular weight excluding hydrogens is 200 g/mol. The third-order valence-electron chi connectivity index (χ3n) is 3.82. The predicted molar refractivity (Wildman–Crippen MR) is 66.5 cm³/mol. The largest absolute Gasteiger partial charge is 0.389 e. The van der Waals surface area contributed by atoms with Gasteiger partial charge in [-0.2, -0.15) is 0 Å². The molecule has 0 aromatic carbocycles. The molecule has 0 atom stereocenters. The van der Waals surface area contributed by atoms with Gasteiger partial charge in [0.05, 0.1) is 5.60 Å². The lowest BCUT2D eigenvalue weighted by atomic mass is 9.85. The van der Waals surface area contributed by atoms with Gasteiger partial charge in [0.2, 0.25) is 0 Å². The quantitative estimate of drug-likeness (QED) is 0.779. The van der Waals surface area contributed by atoms with Gasteiger partial charge in [-0.05, 0) is 32.6 Å². The second kappa shape index (κ2) is 5.03. The second-order valence-electron chi connectivity index (χ2n) is 6.19. The number of hydrogen-bond acceptors (Lipinski definition) is 3. The molecule has 0 amide bonds. The molecule has 1 aliphatic heterocycles. The Morgan fingerprint density at radius 1 is 1.06 bits per heavy atom. The minimum absolute atomic E-state index is 0.545. The Morgan fingerprint density at radius 3 is 2.06 bits per heavy atom. The Balaban J connectivity index is 1.65. The van der Waals surface area contributed by atoms with Crippen molar-refractivity contribution >= 4 is 0 Å². The molecule has 1 saturated carbocycles. The molecule has 3 heteroatoms. The fourth-order valence-corrected chi connectivity index (χ4v) is 2.72. The fourth-order valence-electron chi connectivity index (χ4n) is 2.72. The summed E-state index contributed by atoms with van der Waals surface area (Å²) in [7, 11) is 0. The van der Waals surface area contributed by atoms with Crippen molar-refractivity contribution in [1.82, 2.24) is 9.80 Å². The highest BCUT2D eigenvalue weighted by Gasteiger charge is 2.25. The smallest absolute Gasteiger partial charge is 0.0718 e. The summed E-state index contributed by atoms with van der Waals surface area (Å²) in [4.78, 5) is 4.99. The van der Waals surface area contributed by atoms with Crippen LogP contribution in [0.15, 0.2) is 0 Å². The lowest BCUT2D eigenvalue weighted by Gasteiger charge is -2.40. The van der Waals surface area contributed by atoms with Crippen molar-refractivity contribution in [1.29, 1.82) is 0 Å². The summed E-state index contributed by atoms with van der Waals surface area (Å²) in [5.74, 6) is 0.987. The number of hydrogen-bond donors (Lipinski definition) is 1. The van der Waals surface area contributed by atoms with Crippen molar-refractivity contribution in [3.05, 3.63) is 0 Å². The molecule has 3 nitrogen and oxygen atoms in total. The van der Waals surface area contributed by atoms with E-state index in [0.717, 1.165) is 25.6 Å². The second-order valence-corrected chi connectivity index (χ2v) is 6.19. The number of rotatable bonds is 4. The molecule has 16 heavy (non-hydrogen) atoms. The molecule has 0 spiro atoms. The van der Waals surface area contributed by atoms with Crippen molar-refractivity contribution in [3.8, 4) is 0 Å². The van der Waals surface area contributed by atoms with E-state index in [1.807, 2.05) is 13.8 Å². The van der Waals surface area contributed by atoms with Crippen molar-refractivity contribution < 1.29 is 5.11 Å². The zero-order valence-corrected chi connectivity index (χ0v) is 10.8. The third-order valence-corrected chi connectivity index (χ3v) is 3.82. The first-order valence-electron chi connectivity index (χ1n) is 6.70. The summed E-state index contributed by atoms with van der Waals surface area (Å²) >= 11 is 0. The van der Waals surface area contributed by atoms with Crippen LogP contribution < -0.4 is 0 Å². The van der Waals surface area contributed by atoms with Crippen LogP contribution >= 0.6 is 0 Å². The van der Waals surface area contributed by atoms with Crippen LogP contribution in [0.5, 0.6) is 0 Å². The molecule has 0 aromatic heterocycles. The monoisotopic (exact) mass is 226 g/mol. The van der Waals surface area contributed by atoms with Crippen LogP contribution in [0.2, 0.25) is 0 Å². The minimum atomic E-state index is -0.545. The van der Waals surface area contributed by atoms with E-state index in [4.69, 9.17) is 0 Å². The number of aliphatic hydroxyl groups is 1. The molecule has 1 aliphatic carbocycles. The van der Waals surface area contributed by atoms with Gasteiger partial charge in [0.1, 0.15) is 0 Å². The highest BCUT2D eigenvalue weighted by molar-refractivity contribution is 4.80. The molecule has 0 radical (unpaired) electrons. The lowest BCUT2D eigenvalue weighted by Crippen LogP contribution is -2.51. The Bertz CT molecular complexity index is 212. The zero-order chi connectivity index (χ0) is 11.6. The molecule has 2 fully saturated rings. The lowest BCUT2D eigenvalue weighted by molar-refractivity contribution is 0.0136. The molecule has 1 heterocycles. The molecule has 94 valence electrons. The van der Waals surface area contributed by atoms with Crippen LogP contribution in [0, 0.1) is 5.92 Å². The first-order valence-corrected chi connectivity index (χ1v) is 6.70. The Labute approximate surface area is 99.4 Å². The minimum Gasteiger partial charge on any atom is -0.389 e. The van der Waals surface area contributed by atoms with Gasteiger partial charge in [-0.25, -0.2) is 0 Å². The summed E-state index contributed by atoms with van der Waals surface area (Å²) in [5, 5.41) is 9.77. The van der Waals surface area contributed by atoms with E-state index >= 15 is 0 Å². The van der Waals surface area contributed by atoms with E-state index in [1.165, 1.54) is 38.9 Å². The average Bonchev–Trinajstić information content (AvgIpc) is 2.11. The summed E-state index contributed by atoms with van der Waals surface area (Å²) in [6.07, 6.45) is 4.34. The van der Waals surface area contributed by atoms with Crippen LogP contribution in [-0.2, 0) is 0 Å². The first kappa shape index (κ1) is 12.3. The summed E-state index contributed by atoms with van der Waals surface area (Å²) in [5.41, 5.74) is -0.545. The maximum absolute atomic E-state index is 9.77. The van der Waals surface area contributed by atoms with E-state index in [0.29, 0.717) is 0 Å². The standard InChI is InChI=1S/C13H26N2O/c1-13(2,16)11-15-8-6-14(7-9-15)10-12-4-3-5-12/h12,16H,3-11H2,1-2H3. The summed E-state index contributed by atoms with van der Waals surface area (Å²) < 4.78 is 0. The van der Waals surface area contributed by atoms with Crippen molar-refractivity contribution in [2.75, 3.05) is 39.3 Å². The average molecular weight is 226 g/mol. The summed E-state index contributed by atoms with van der Waals surface area (Å²) in [6, 6.07) is 0. The Hall–Kier alpha value is -0.120. The van der Waals surface area contributed by atoms with E-state index in [-0.39, 0.29) is 0 Å². The molecule has 0 bridgehead atoms. The van der Waals surface area contributed by atoms with Crippen LogP contribution in [0.1, 0.15) is 33.1 Å². The molecular formula is C13H26N2O. The van der Waals surface area contributed by atoms with Crippen LogP contribution in [-0.4, -0.2) is 59.8 Å².